The fourth-order valence-corrected chi connectivity index (χ4v) is 2.04. The Balaban J connectivity index is 1.71. The maximum Gasteiger partial charge on any atom is 0.331 e. The number of carbonyl (C=O) groups excluding carboxylic acids is 2. The summed E-state index contributed by atoms with van der Waals surface area (Å²) in [5.41, 5.74) is 1.83. The summed E-state index contributed by atoms with van der Waals surface area (Å²) in [7, 11) is 0. The standard InChI is InChI=1S/C20H21NO4/c1-2-24-18-11-8-16(9-12-18)10-13-20(23)25-15-19(22)21-14-17-6-4-3-5-7-17/h3-13H,2,14-15H2,1H3,(H,21,22)/b13-10+. The summed E-state index contributed by atoms with van der Waals surface area (Å²) in [4.78, 5) is 23.3. The fraction of sp³-hybridized carbons (Fsp3) is 0.200. The molecule has 0 fully saturated rings. The van der Waals surface area contributed by atoms with Crippen molar-refractivity contribution in [3.63, 3.8) is 0 Å². The third-order valence-electron chi connectivity index (χ3n) is 3.28. The van der Waals surface area contributed by atoms with Crippen molar-refractivity contribution in [2.45, 2.75) is 13.5 Å². The highest BCUT2D eigenvalue weighted by molar-refractivity contribution is 5.89. The van der Waals surface area contributed by atoms with Crippen molar-refractivity contribution < 1.29 is 19.1 Å². The van der Waals surface area contributed by atoms with E-state index in [9.17, 15) is 9.59 Å². The molecule has 130 valence electrons. The number of hydrogen-bond donors (Lipinski definition) is 1. The van der Waals surface area contributed by atoms with Crippen LogP contribution in [0, 0.1) is 0 Å². The number of nitrogens with one attached hydrogen (secondary N) is 1. The van der Waals surface area contributed by atoms with Crippen molar-refractivity contribution in [3.05, 3.63) is 71.8 Å². The average molecular weight is 339 g/mol. The first-order chi connectivity index (χ1) is 12.2. The highest BCUT2D eigenvalue weighted by Crippen LogP contribution is 2.13. The Morgan fingerprint density at radius 1 is 1.04 bits per heavy atom. The van der Waals surface area contributed by atoms with Crippen molar-refractivity contribution in [1.82, 2.24) is 5.32 Å². The first kappa shape index (κ1) is 18.3. The van der Waals surface area contributed by atoms with Gasteiger partial charge in [0.1, 0.15) is 5.75 Å². The van der Waals surface area contributed by atoms with Crippen LogP contribution in [0.4, 0.5) is 0 Å². The first-order valence-corrected chi connectivity index (χ1v) is 8.05. The molecule has 0 aliphatic heterocycles. The zero-order chi connectivity index (χ0) is 17.9. The molecule has 0 unspecified atom stereocenters. The molecule has 0 saturated heterocycles. The van der Waals surface area contributed by atoms with Gasteiger partial charge in [-0.05, 0) is 36.3 Å². The smallest absolute Gasteiger partial charge is 0.331 e. The van der Waals surface area contributed by atoms with Crippen LogP contribution in [0.15, 0.2) is 60.7 Å². The zero-order valence-electron chi connectivity index (χ0n) is 14.1. The molecule has 0 aromatic heterocycles. The molecular weight excluding hydrogens is 318 g/mol. The Morgan fingerprint density at radius 2 is 1.76 bits per heavy atom. The summed E-state index contributed by atoms with van der Waals surface area (Å²) in [5.74, 6) is -0.132. The molecule has 0 bridgehead atoms. The maximum atomic E-state index is 11.7. The summed E-state index contributed by atoms with van der Waals surface area (Å²) in [6, 6.07) is 16.8. The number of rotatable bonds is 8. The largest absolute Gasteiger partial charge is 0.494 e. The minimum Gasteiger partial charge on any atom is -0.494 e. The van der Waals surface area contributed by atoms with Gasteiger partial charge < -0.3 is 14.8 Å². The van der Waals surface area contributed by atoms with E-state index in [1.807, 2.05) is 61.5 Å². The topological polar surface area (TPSA) is 64.6 Å². The van der Waals surface area contributed by atoms with Crippen molar-refractivity contribution in [2.75, 3.05) is 13.2 Å². The Hall–Kier alpha value is -3.08. The van der Waals surface area contributed by atoms with Gasteiger partial charge in [-0.3, -0.25) is 4.79 Å². The lowest BCUT2D eigenvalue weighted by molar-refractivity contribution is -0.143. The molecule has 0 radical (unpaired) electrons. The van der Waals surface area contributed by atoms with E-state index in [1.165, 1.54) is 6.08 Å². The summed E-state index contributed by atoms with van der Waals surface area (Å²) in [6.07, 6.45) is 2.92. The number of hydrogen-bond acceptors (Lipinski definition) is 4. The summed E-state index contributed by atoms with van der Waals surface area (Å²) in [6.45, 7) is 2.62. The van der Waals surface area contributed by atoms with Gasteiger partial charge in [0, 0.05) is 12.6 Å². The molecule has 2 rings (SSSR count). The summed E-state index contributed by atoms with van der Waals surface area (Å²) < 4.78 is 10.3. The lowest BCUT2D eigenvalue weighted by Gasteiger charge is -2.05. The number of ether oxygens (including phenoxy) is 2. The number of esters is 1. The normalized spacial score (nSPS) is 10.4. The zero-order valence-corrected chi connectivity index (χ0v) is 14.1. The third kappa shape index (κ3) is 6.91. The molecular formula is C20H21NO4. The quantitative estimate of drug-likeness (QED) is 0.593. The van der Waals surface area contributed by atoms with Crippen molar-refractivity contribution in [1.29, 1.82) is 0 Å². The van der Waals surface area contributed by atoms with E-state index in [0.29, 0.717) is 13.2 Å². The van der Waals surface area contributed by atoms with Gasteiger partial charge in [-0.15, -0.1) is 0 Å². The molecule has 0 spiro atoms. The van der Waals surface area contributed by atoms with E-state index in [2.05, 4.69) is 5.32 Å². The SMILES string of the molecule is CCOc1ccc(/C=C/C(=O)OCC(=O)NCc2ccccc2)cc1. The molecule has 5 nitrogen and oxygen atoms in total. The van der Waals surface area contributed by atoms with E-state index in [4.69, 9.17) is 9.47 Å². The van der Waals surface area contributed by atoms with Crippen molar-refractivity contribution in [2.24, 2.45) is 0 Å². The molecule has 2 aromatic rings. The van der Waals surface area contributed by atoms with Gasteiger partial charge in [0.05, 0.1) is 6.61 Å². The predicted octanol–water partition coefficient (Wildman–Crippen LogP) is 2.96. The molecule has 25 heavy (non-hydrogen) atoms. The van der Waals surface area contributed by atoms with Crippen LogP contribution in [0.2, 0.25) is 0 Å². The van der Waals surface area contributed by atoms with Crippen LogP contribution in [0.5, 0.6) is 5.75 Å². The van der Waals surface area contributed by atoms with E-state index in [1.54, 1.807) is 6.08 Å². The summed E-state index contributed by atoms with van der Waals surface area (Å²) in [5, 5.41) is 2.69. The fourth-order valence-electron chi connectivity index (χ4n) is 2.04. The molecule has 0 aliphatic rings. The molecule has 5 heteroatoms. The Labute approximate surface area is 147 Å². The molecule has 0 heterocycles. The van der Waals surface area contributed by atoms with E-state index in [0.717, 1.165) is 16.9 Å². The van der Waals surface area contributed by atoms with Crippen LogP contribution in [0.3, 0.4) is 0 Å². The van der Waals surface area contributed by atoms with Crippen LogP contribution in [-0.2, 0) is 20.9 Å². The number of benzene rings is 2. The van der Waals surface area contributed by atoms with Crippen LogP contribution >= 0.6 is 0 Å². The Morgan fingerprint density at radius 3 is 2.44 bits per heavy atom. The van der Waals surface area contributed by atoms with Gasteiger partial charge in [0.25, 0.3) is 5.91 Å². The number of amides is 1. The second kappa shape index (κ2) is 9.93. The summed E-state index contributed by atoms with van der Waals surface area (Å²) >= 11 is 0. The lowest BCUT2D eigenvalue weighted by atomic mass is 10.2. The van der Waals surface area contributed by atoms with E-state index < -0.39 is 5.97 Å². The lowest BCUT2D eigenvalue weighted by Crippen LogP contribution is -2.28. The highest BCUT2D eigenvalue weighted by Gasteiger charge is 2.04. The van der Waals surface area contributed by atoms with Crippen LogP contribution in [0.25, 0.3) is 6.08 Å². The van der Waals surface area contributed by atoms with E-state index >= 15 is 0 Å². The molecule has 1 N–H and O–H groups in total. The Kier molecular flexibility index (Phi) is 7.25. The minimum atomic E-state index is -0.566. The third-order valence-corrected chi connectivity index (χ3v) is 3.28. The van der Waals surface area contributed by atoms with Crippen LogP contribution < -0.4 is 10.1 Å². The van der Waals surface area contributed by atoms with Crippen molar-refractivity contribution >= 4 is 18.0 Å². The van der Waals surface area contributed by atoms with Crippen LogP contribution in [0.1, 0.15) is 18.1 Å². The monoisotopic (exact) mass is 339 g/mol. The van der Waals surface area contributed by atoms with Gasteiger partial charge in [-0.25, -0.2) is 4.79 Å². The van der Waals surface area contributed by atoms with Gasteiger partial charge in [0.2, 0.25) is 0 Å². The molecule has 0 atom stereocenters. The van der Waals surface area contributed by atoms with Gasteiger partial charge >= 0.3 is 5.97 Å². The predicted molar refractivity (Wildman–Crippen MR) is 95.9 cm³/mol. The number of carbonyl (C=O) groups is 2. The average Bonchev–Trinajstić information content (AvgIpc) is 2.65. The van der Waals surface area contributed by atoms with Gasteiger partial charge in [0.15, 0.2) is 6.61 Å². The molecule has 0 saturated carbocycles. The van der Waals surface area contributed by atoms with Crippen molar-refractivity contribution in [3.8, 4) is 5.75 Å². The second-order valence-corrected chi connectivity index (χ2v) is 5.21. The van der Waals surface area contributed by atoms with E-state index in [-0.39, 0.29) is 12.5 Å². The second-order valence-electron chi connectivity index (χ2n) is 5.21. The molecule has 1 amide bonds. The maximum absolute atomic E-state index is 11.7. The molecule has 0 aliphatic carbocycles. The van der Waals surface area contributed by atoms with Gasteiger partial charge in [-0.1, -0.05) is 42.5 Å². The Bertz CT molecular complexity index is 708. The van der Waals surface area contributed by atoms with Crippen LogP contribution in [-0.4, -0.2) is 25.1 Å². The first-order valence-electron chi connectivity index (χ1n) is 8.05. The minimum absolute atomic E-state index is 0.306. The van der Waals surface area contributed by atoms with Gasteiger partial charge in [-0.2, -0.15) is 0 Å². The molecule has 2 aromatic carbocycles. The highest BCUT2D eigenvalue weighted by atomic mass is 16.5.